The molecular weight excluding hydrogens is 532 g/mol. The van der Waals surface area contributed by atoms with Crippen LogP contribution >= 0.6 is 11.6 Å². The van der Waals surface area contributed by atoms with Crippen LogP contribution in [0.3, 0.4) is 0 Å². The number of rotatable bonds is 5. The molecule has 2 N–H and O–H groups in total. The lowest BCUT2D eigenvalue weighted by molar-refractivity contribution is 0.124. The third-order valence-corrected chi connectivity index (χ3v) is 7.52. The predicted octanol–water partition coefficient (Wildman–Crippen LogP) is 5.74. The maximum atomic E-state index is 14.8. The first-order valence-corrected chi connectivity index (χ1v) is 13.2. The summed E-state index contributed by atoms with van der Waals surface area (Å²) in [6, 6.07) is 16.9. The summed E-state index contributed by atoms with van der Waals surface area (Å²) >= 11 is 6.31. The summed E-state index contributed by atoms with van der Waals surface area (Å²) in [6.07, 6.45) is 1.67. The van der Waals surface area contributed by atoms with Gasteiger partial charge in [-0.15, -0.1) is 0 Å². The van der Waals surface area contributed by atoms with E-state index in [1.807, 2.05) is 24.3 Å². The fraction of sp³-hybridized carbons (Fsp3) is 0.200. The number of hydrogen-bond acceptors (Lipinski definition) is 6. The van der Waals surface area contributed by atoms with Gasteiger partial charge in [0.1, 0.15) is 17.5 Å². The Hall–Kier alpha value is -4.21. The lowest BCUT2D eigenvalue weighted by atomic mass is 9.95. The van der Waals surface area contributed by atoms with E-state index in [4.69, 9.17) is 22.0 Å². The quantitative estimate of drug-likeness (QED) is 0.242. The van der Waals surface area contributed by atoms with Crippen molar-refractivity contribution in [3.05, 3.63) is 106 Å². The van der Waals surface area contributed by atoms with Gasteiger partial charge in [0.25, 0.3) is 0 Å². The van der Waals surface area contributed by atoms with Crippen molar-refractivity contribution in [1.29, 1.82) is 5.41 Å². The van der Waals surface area contributed by atoms with Crippen molar-refractivity contribution < 1.29 is 8.78 Å². The van der Waals surface area contributed by atoms with Gasteiger partial charge in [0.05, 0.1) is 23.5 Å². The Bertz CT molecular complexity index is 1630. The van der Waals surface area contributed by atoms with Crippen molar-refractivity contribution in [3.8, 4) is 11.3 Å². The largest absolute Gasteiger partial charge is 0.353 e. The number of nitrogens with one attached hydrogen (secondary N) is 2. The topological polar surface area (TPSA) is 80.5 Å². The average molecular weight is 558 g/mol. The first-order valence-electron chi connectivity index (χ1n) is 12.8. The monoisotopic (exact) mass is 557 g/mol. The molecule has 3 heterocycles. The van der Waals surface area contributed by atoms with E-state index in [-0.39, 0.29) is 17.8 Å². The molecule has 202 valence electrons. The van der Waals surface area contributed by atoms with Crippen molar-refractivity contribution in [1.82, 2.24) is 19.8 Å². The zero-order chi connectivity index (χ0) is 28.0. The summed E-state index contributed by atoms with van der Waals surface area (Å²) in [4.78, 5) is 18.0. The molecule has 7 nitrogen and oxygen atoms in total. The van der Waals surface area contributed by atoms with Crippen LogP contribution in [0.15, 0.2) is 71.9 Å². The van der Waals surface area contributed by atoms with E-state index in [0.717, 1.165) is 29.9 Å². The van der Waals surface area contributed by atoms with Gasteiger partial charge >= 0.3 is 0 Å². The molecule has 1 saturated heterocycles. The van der Waals surface area contributed by atoms with Crippen LogP contribution in [0.2, 0.25) is 5.02 Å². The molecule has 0 aliphatic carbocycles. The fourth-order valence-electron chi connectivity index (χ4n) is 4.91. The molecule has 2 aliphatic heterocycles. The third kappa shape index (κ3) is 4.82. The number of hydrogen-bond donors (Lipinski definition) is 2. The molecule has 2 aliphatic rings. The van der Waals surface area contributed by atoms with Crippen LogP contribution in [0.25, 0.3) is 11.3 Å². The standard InChI is InChI=1S/C30H26ClF2N7/c1-39(2)21-15-40(16-21)29(34)17-6-9-20(10-7-17)37-30-36-14-18-13-35-28(26-24(32)4-3-5-25(26)33)23-12-19(31)8-11-22(23)27(18)38-30/h3-12,14,21,34H,13,15-16H2,1-2H3,(H,36,37,38). The fourth-order valence-corrected chi connectivity index (χ4v) is 5.08. The van der Waals surface area contributed by atoms with Gasteiger partial charge in [-0.2, -0.15) is 0 Å². The minimum Gasteiger partial charge on any atom is -0.353 e. The molecule has 0 radical (unpaired) electrons. The summed E-state index contributed by atoms with van der Waals surface area (Å²) < 4.78 is 29.6. The van der Waals surface area contributed by atoms with E-state index in [2.05, 4.69) is 39.2 Å². The van der Waals surface area contributed by atoms with E-state index < -0.39 is 11.6 Å². The van der Waals surface area contributed by atoms with Gasteiger partial charge in [-0.3, -0.25) is 10.4 Å². The lowest BCUT2D eigenvalue weighted by Gasteiger charge is -2.44. The minimum absolute atomic E-state index is 0.146. The van der Waals surface area contributed by atoms with E-state index in [1.165, 1.54) is 18.2 Å². The first kappa shape index (κ1) is 26.0. The number of fused-ring (bicyclic) bond motifs is 3. The maximum absolute atomic E-state index is 14.8. The zero-order valence-corrected chi connectivity index (χ0v) is 22.7. The second-order valence-electron chi connectivity index (χ2n) is 10.1. The molecule has 0 atom stereocenters. The summed E-state index contributed by atoms with van der Waals surface area (Å²) in [7, 11) is 4.11. The number of halogens is 3. The number of aromatic nitrogens is 2. The van der Waals surface area contributed by atoms with Gasteiger partial charge in [0, 0.05) is 58.3 Å². The number of nitrogens with zero attached hydrogens (tertiary/aromatic N) is 5. The number of aliphatic imine (C=N–C) groups is 1. The summed E-state index contributed by atoms with van der Waals surface area (Å²) in [6.45, 7) is 1.83. The SMILES string of the molecule is CN(C)C1CN(C(=N)c2ccc(Nc3ncc4c(n3)-c3ccc(Cl)cc3C(c3c(F)cccc3F)=NC4)cc2)C1. The van der Waals surface area contributed by atoms with Crippen LogP contribution in [-0.2, 0) is 6.54 Å². The van der Waals surface area contributed by atoms with Gasteiger partial charge in [-0.25, -0.2) is 18.7 Å². The molecule has 4 aromatic rings. The summed E-state index contributed by atoms with van der Waals surface area (Å²) in [5.74, 6) is -0.540. The summed E-state index contributed by atoms with van der Waals surface area (Å²) in [5.41, 5.74) is 4.04. The highest BCUT2D eigenvalue weighted by Gasteiger charge is 2.30. The molecule has 0 amide bonds. The number of amidine groups is 1. The molecule has 0 spiro atoms. The lowest BCUT2D eigenvalue weighted by Crippen LogP contribution is -2.59. The second kappa shape index (κ2) is 10.4. The Kier molecular flexibility index (Phi) is 6.77. The van der Waals surface area contributed by atoms with Gasteiger partial charge in [0.15, 0.2) is 0 Å². The molecule has 1 aromatic heterocycles. The number of likely N-dealkylation sites (tertiary alicyclic amines) is 1. The second-order valence-corrected chi connectivity index (χ2v) is 10.5. The van der Waals surface area contributed by atoms with Crippen molar-refractivity contribution in [2.45, 2.75) is 12.6 Å². The van der Waals surface area contributed by atoms with Crippen LogP contribution in [0.5, 0.6) is 0 Å². The number of benzene rings is 3. The highest BCUT2D eigenvalue weighted by atomic mass is 35.5. The molecule has 10 heteroatoms. The smallest absolute Gasteiger partial charge is 0.227 e. The molecule has 0 bridgehead atoms. The van der Waals surface area contributed by atoms with E-state index in [0.29, 0.717) is 39.7 Å². The minimum atomic E-state index is -0.702. The Morgan fingerprint density at radius 3 is 2.45 bits per heavy atom. The van der Waals surface area contributed by atoms with Crippen LogP contribution in [-0.4, -0.2) is 64.5 Å². The predicted molar refractivity (Wildman–Crippen MR) is 154 cm³/mol. The highest BCUT2D eigenvalue weighted by Crippen LogP contribution is 2.34. The third-order valence-electron chi connectivity index (χ3n) is 7.29. The van der Waals surface area contributed by atoms with E-state index in [1.54, 1.807) is 24.4 Å². The van der Waals surface area contributed by atoms with Gasteiger partial charge in [0.2, 0.25) is 5.95 Å². The van der Waals surface area contributed by atoms with E-state index >= 15 is 0 Å². The summed E-state index contributed by atoms with van der Waals surface area (Å²) in [5, 5.41) is 12.2. The van der Waals surface area contributed by atoms with Crippen molar-refractivity contribution in [3.63, 3.8) is 0 Å². The molecule has 0 unspecified atom stereocenters. The normalized spacial score (nSPS) is 14.7. The molecular formula is C30H26ClF2N7. The average Bonchev–Trinajstić information content (AvgIpc) is 3.04. The van der Waals surface area contributed by atoms with Crippen molar-refractivity contribution >= 4 is 34.8 Å². The van der Waals surface area contributed by atoms with Gasteiger partial charge < -0.3 is 15.1 Å². The molecule has 0 saturated carbocycles. The number of likely N-dealkylation sites (N-methyl/N-ethyl adjacent to an activating group) is 1. The Labute approximate surface area is 235 Å². The molecule has 40 heavy (non-hydrogen) atoms. The highest BCUT2D eigenvalue weighted by molar-refractivity contribution is 6.31. The first-order chi connectivity index (χ1) is 19.3. The van der Waals surface area contributed by atoms with Crippen LogP contribution in [0.1, 0.15) is 22.3 Å². The maximum Gasteiger partial charge on any atom is 0.227 e. The Morgan fingerprint density at radius 2 is 1.75 bits per heavy atom. The van der Waals surface area contributed by atoms with Crippen molar-refractivity contribution in [2.24, 2.45) is 4.99 Å². The van der Waals surface area contributed by atoms with Crippen LogP contribution < -0.4 is 5.32 Å². The van der Waals surface area contributed by atoms with E-state index in [9.17, 15) is 8.78 Å². The van der Waals surface area contributed by atoms with Gasteiger partial charge in [-0.1, -0.05) is 23.7 Å². The molecule has 1 fully saturated rings. The molecule has 6 rings (SSSR count). The van der Waals surface area contributed by atoms with Gasteiger partial charge in [-0.05, 0) is 62.6 Å². The van der Waals surface area contributed by atoms with Crippen molar-refractivity contribution in [2.75, 3.05) is 32.5 Å². The van der Waals surface area contributed by atoms with Crippen LogP contribution in [0, 0.1) is 17.0 Å². The van der Waals surface area contributed by atoms with Crippen LogP contribution in [0.4, 0.5) is 20.4 Å². The molecule has 3 aromatic carbocycles. The number of anilines is 2. The Morgan fingerprint density at radius 1 is 1.02 bits per heavy atom. The zero-order valence-electron chi connectivity index (χ0n) is 21.9. The Balaban J connectivity index is 1.28.